The number of rotatable bonds is 6. The summed E-state index contributed by atoms with van der Waals surface area (Å²) in [5, 5.41) is 3.23. The SMILES string of the molecule is COc1ccc(-c2cn3c(C)c(C(=O)NC(c4ccccc4)c4ccccc4)sc3n2)cc1. The number of hydrogen-bond acceptors (Lipinski definition) is 4. The summed E-state index contributed by atoms with van der Waals surface area (Å²) in [6, 6.07) is 27.6. The summed E-state index contributed by atoms with van der Waals surface area (Å²) < 4.78 is 7.22. The third-order valence-electron chi connectivity index (χ3n) is 5.69. The first-order valence-corrected chi connectivity index (χ1v) is 11.5. The smallest absolute Gasteiger partial charge is 0.264 e. The molecule has 0 spiro atoms. The molecule has 2 heterocycles. The Hall–Kier alpha value is -3.90. The average molecular weight is 454 g/mol. The van der Waals surface area contributed by atoms with E-state index in [1.54, 1.807) is 7.11 Å². The molecule has 5 rings (SSSR count). The van der Waals surface area contributed by atoms with Crippen LogP contribution in [-0.4, -0.2) is 22.4 Å². The van der Waals surface area contributed by atoms with E-state index >= 15 is 0 Å². The zero-order valence-corrected chi connectivity index (χ0v) is 19.2. The van der Waals surface area contributed by atoms with Gasteiger partial charge < -0.3 is 10.1 Å². The molecular formula is C27H23N3O2S. The van der Waals surface area contributed by atoms with Crippen LogP contribution in [0.1, 0.15) is 32.5 Å². The van der Waals surface area contributed by atoms with Crippen LogP contribution in [0.3, 0.4) is 0 Å². The molecule has 0 atom stereocenters. The molecule has 3 aromatic carbocycles. The molecule has 0 aliphatic carbocycles. The van der Waals surface area contributed by atoms with Crippen LogP contribution in [0.15, 0.2) is 91.1 Å². The second-order valence-electron chi connectivity index (χ2n) is 7.75. The van der Waals surface area contributed by atoms with Crippen molar-refractivity contribution < 1.29 is 9.53 Å². The minimum Gasteiger partial charge on any atom is -0.497 e. The monoisotopic (exact) mass is 453 g/mol. The third-order valence-corrected chi connectivity index (χ3v) is 6.85. The summed E-state index contributed by atoms with van der Waals surface area (Å²) in [6.45, 7) is 1.96. The number of imidazole rings is 1. The zero-order chi connectivity index (χ0) is 22.8. The first kappa shape index (κ1) is 21.0. The topological polar surface area (TPSA) is 55.6 Å². The van der Waals surface area contributed by atoms with Crippen molar-refractivity contribution in [3.8, 4) is 17.0 Å². The van der Waals surface area contributed by atoms with Crippen LogP contribution in [0, 0.1) is 6.92 Å². The lowest BCUT2D eigenvalue weighted by Crippen LogP contribution is -2.29. The highest BCUT2D eigenvalue weighted by atomic mass is 32.1. The highest BCUT2D eigenvalue weighted by molar-refractivity contribution is 7.19. The van der Waals surface area contributed by atoms with E-state index in [9.17, 15) is 4.79 Å². The standard InChI is InChI=1S/C27H23N3O2S/c1-18-25(33-27-28-23(17-30(18)27)19-13-15-22(32-2)16-14-19)26(31)29-24(20-9-5-3-6-10-20)21-11-7-4-8-12-21/h3-17,24H,1-2H3,(H,29,31). The maximum atomic E-state index is 13.4. The van der Waals surface area contributed by atoms with Crippen molar-refractivity contribution in [3.05, 3.63) is 113 Å². The van der Waals surface area contributed by atoms with Gasteiger partial charge in [0.05, 0.1) is 18.8 Å². The molecule has 0 saturated heterocycles. The molecular weight excluding hydrogens is 430 g/mol. The summed E-state index contributed by atoms with van der Waals surface area (Å²) in [6.07, 6.45) is 1.98. The second kappa shape index (κ2) is 8.92. The second-order valence-corrected chi connectivity index (χ2v) is 8.73. The summed E-state index contributed by atoms with van der Waals surface area (Å²) in [5.41, 5.74) is 4.83. The van der Waals surface area contributed by atoms with E-state index in [1.165, 1.54) is 11.3 Å². The molecule has 0 unspecified atom stereocenters. The number of benzene rings is 3. The lowest BCUT2D eigenvalue weighted by molar-refractivity contribution is 0.0946. The number of methoxy groups -OCH3 is 1. The van der Waals surface area contributed by atoms with Crippen molar-refractivity contribution in [3.63, 3.8) is 0 Å². The Morgan fingerprint density at radius 1 is 0.939 bits per heavy atom. The lowest BCUT2D eigenvalue weighted by Gasteiger charge is -2.19. The van der Waals surface area contributed by atoms with Crippen molar-refractivity contribution in [1.82, 2.24) is 14.7 Å². The molecule has 164 valence electrons. The Kier molecular flexibility index (Phi) is 5.67. The minimum atomic E-state index is -0.233. The fourth-order valence-corrected chi connectivity index (χ4v) is 4.92. The number of aromatic nitrogens is 2. The van der Waals surface area contributed by atoms with Gasteiger partial charge in [0.15, 0.2) is 4.96 Å². The van der Waals surface area contributed by atoms with Crippen LogP contribution < -0.4 is 10.1 Å². The van der Waals surface area contributed by atoms with E-state index in [-0.39, 0.29) is 11.9 Å². The number of carbonyl (C=O) groups excluding carboxylic acids is 1. The molecule has 0 saturated carbocycles. The molecule has 0 radical (unpaired) electrons. The fraction of sp³-hybridized carbons (Fsp3) is 0.111. The highest BCUT2D eigenvalue weighted by Crippen LogP contribution is 2.29. The predicted molar refractivity (Wildman–Crippen MR) is 132 cm³/mol. The van der Waals surface area contributed by atoms with Gasteiger partial charge in [-0.3, -0.25) is 9.20 Å². The molecule has 5 aromatic rings. The molecule has 5 nitrogen and oxygen atoms in total. The van der Waals surface area contributed by atoms with Gasteiger partial charge in [0.1, 0.15) is 10.6 Å². The molecule has 0 aliphatic rings. The average Bonchev–Trinajstić information content (AvgIpc) is 3.43. The van der Waals surface area contributed by atoms with Gasteiger partial charge in [0.2, 0.25) is 0 Å². The minimum absolute atomic E-state index is 0.105. The number of fused-ring (bicyclic) bond motifs is 1. The summed E-state index contributed by atoms with van der Waals surface area (Å²) >= 11 is 1.40. The Labute approximate surface area is 196 Å². The normalized spacial score (nSPS) is 11.1. The molecule has 2 aromatic heterocycles. The Bertz CT molecular complexity index is 1350. The number of carbonyl (C=O) groups is 1. The number of amides is 1. The van der Waals surface area contributed by atoms with Gasteiger partial charge in [-0.1, -0.05) is 72.0 Å². The van der Waals surface area contributed by atoms with E-state index < -0.39 is 0 Å². The largest absolute Gasteiger partial charge is 0.497 e. The molecule has 6 heteroatoms. The Morgan fingerprint density at radius 2 is 1.55 bits per heavy atom. The molecule has 1 amide bonds. The molecule has 0 fully saturated rings. The van der Waals surface area contributed by atoms with Crippen LogP contribution in [0.4, 0.5) is 0 Å². The van der Waals surface area contributed by atoms with Crippen LogP contribution in [0.25, 0.3) is 16.2 Å². The maximum absolute atomic E-state index is 13.4. The Morgan fingerprint density at radius 3 is 2.09 bits per heavy atom. The van der Waals surface area contributed by atoms with Gasteiger partial charge in [-0.15, -0.1) is 0 Å². The number of hydrogen-bond donors (Lipinski definition) is 1. The quantitative estimate of drug-likeness (QED) is 0.348. The van der Waals surface area contributed by atoms with Crippen molar-refractivity contribution in [2.75, 3.05) is 7.11 Å². The maximum Gasteiger partial charge on any atom is 0.264 e. The van der Waals surface area contributed by atoms with Crippen molar-refractivity contribution >= 4 is 22.2 Å². The van der Waals surface area contributed by atoms with E-state index in [2.05, 4.69) is 5.32 Å². The molecule has 33 heavy (non-hydrogen) atoms. The first-order valence-electron chi connectivity index (χ1n) is 10.7. The van der Waals surface area contributed by atoms with Gasteiger partial charge in [0, 0.05) is 17.5 Å². The Balaban J connectivity index is 1.45. The van der Waals surface area contributed by atoms with Gasteiger partial charge in [-0.05, 0) is 42.3 Å². The summed E-state index contributed by atoms with van der Waals surface area (Å²) in [7, 11) is 1.65. The van der Waals surface area contributed by atoms with Crippen LogP contribution >= 0.6 is 11.3 Å². The van der Waals surface area contributed by atoms with E-state index in [1.807, 2.05) is 102 Å². The zero-order valence-electron chi connectivity index (χ0n) is 18.4. The lowest BCUT2D eigenvalue weighted by atomic mass is 9.98. The fourth-order valence-electron chi connectivity index (χ4n) is 3.91. The summed E-state index contributed by atoms with van der Waals surface area (Å²) in [4.78, 5) is 19.6. The van der Waals surface area contributed by atoms with Crippen molar-refractivity contribution in [2.45, 2.75) is 13.0 Å². The summed E-state index contributed by atoms with van der Waals surface area (Å²) in [5.74, 6) is 0.702. The number of nitrogens with one attached hydrogen (secondary N) is 1. The molecule has 0 bridgehead atoms. The number of aryl methyl sites for hydroxylation is 1. The number of nitrogens with zero attached hydrogens (tertiary/aromatic N) is 2. The van der Waals surface area contributed by atoms with Crippen LogP contribution in [-0.2, 0) is 0 Å². The van der Waals surface area contributed by atoms with Crippen molar-refractivity contribution in [1.29, 1.82) is 0 Å². The van der Waals surface area contributed by atoms with Gasteiger partial charge >= 0.3 is 0 Å². The van der Waals surface area contributed by atoms with E-state index in [0.717, 1.165) is 38.8 Å². The van der Waals surface area contributed by atoms with Gasteiger partial charge in [-0.2, -0.15) is 0 Å². The van der Waals surface area contributed by atoms with Gasteiger partial charge in [0.25, 0.3) is 5.91 Å². The van der Waals surface area contributed by atoms with Crippen molar-refractivity contribution in [2.24, 2.45) is 0 Å². The first-order chi connectivity index (χ1) is 16.1. The highest BCUT2D eigenvalue weighted by Gasteiger charge is 2.22. The van der Waals surface area contributed by atoms with E-state index in [0.29, 0.717) is 4.88 Å². The molecule has 1 N–H and O–H groups in total. The van der Waals surface area contributed by atoms with Crippen LogP contribution in [0.5, 0.6) is 5.75 Å². The van der Waals surface area contributed by atoms with Crippen LogP contribution in [0.2, 0.25) is 0 Å². The number of ether oxygens (including phenoxy) is 1. The predicted octanol–water partition coefficient (Wildman–Crippen LogP) is 5.90. The van der Waals surface area contributed by atoms with E-state index in [4.69, 9.17) is 9.72 Å². The third kappa shape index (κ3) is 4.13. The number of thiazole rings is 1. The molecule has 0 aliphatic heterocycles. The van der Waals surface area contributed by atoms with Gasteiger partial charge in [-0.25, -0.2) is 4.98 Å².